The van der Waals surface area contributed by atoms with Crippen LogP contribution in [0.25, 0.3) is 0 Å². The molecule has 1 rings (SSSR count). The predicted molar refractivity (Wildman–Crippen MR) is 120 cm³/mol. The van der Waals surface area contributed by atoms with Gasteiger partial charge in [-0.1, -0.05) is 43.1 Å². The summed E-state index contributed by atoms with van der Waals surface area (Å²) in [5.74, 6) is -2.99. The van der Waals surface area contributed by atoms with E-state index in [2.05, 4.69) is 6.08 Å². The molecule has 0 radical (unpaired) electrons. The van der Waals surface area contributed by atoms with Gasteiger partial charge in [0.2, 0.25) is 0 Å². The van der Waals surface area contributed by atoms with Crippen LogP contribution in [0.4, 0.5) is 4.39 Å². The largest absolute Gasteiger partial charge is 0.504 e. The van der Waals surface area contributed by atoms with Crippen LogP contribution in [-0.4, -0.2) is 17.0 Å². The molecule has 31 heavy (non-hydrogen) atoms. The Hall–Kier alpha value is -2.63. The SMILES string of the molecule is CCCCCc1c(F)c(OC(C)=O)c(C/C=C(\C)CCC=C(C)C)c(O)c1OC(C)=O. The minimum atomic E-state index is -0.772. The van der Waals surface area contributed by atoms with Crippen molar-refractivity contribution in [3.63, 3.8) is 0 Å². The zero-order valence-electron chi connectivity index (χ0n) is 19.6. The fourth-order valence-electron chi connectivity index (χ4n) is 3.19. The number of unbranched alkanes of at least 4 members (excludes halogenated alkanes) is 2. The van der Waals surface area contributed by atoms with Gasteiger partial charge >= 0.3 is 11.9 Å². The third-order valence-electron chi connectivity index (χ3n) is 4.78. The highest BCUT2D eigenvalue weighted by Crippen LogP contribution is 2.44. The van der Waals surface area contributed by atoms with Crippen molar-refractivity contribution < 1.29 is 28.6 Å². The zero-order chi connectivity index (χ0) is 23.6. The minimum Gasteiger partial charge on any atom is -0.504 e. The molecule has 0 bridgehead atoms. The summed E-state index contributed by atoms with van der Waals surface area (Å²) >= 11 is 0. The summed E-state index contributed by atoms with van der Waals surface area (Å²) in [4.78, 5) is 23.2. The number of hydrogen-bond acceptors (Lipinski definition) is 5. The van der Waals surface area contributed by atoms with Crippen molar-refractivity contribution >= 4 is 11.9 Å². The van der Waals surface area contributed by atoms with E-state index < -0.39 is 17.8 Å². The Morgan fingerprint density at radius 1 is 0.935 bits per heavy atom. The van der Waals surface area contributed by atoms with E-state index in [0.717, 1.165) is 31.3 Å². The Morgan fingerprint density at radius 2 is 1.55 bits per heavy atom. The third-order valence-corrected chi connectivity index (χ3v) is 4.78. The molecule has 0 atom stereocenters. The molecule has 0 saturated carbocycles. The molecule has 1 aromatic rings. The molecule has 1 aromatic carbocycles. The molecule has 5 nitrogen and oxygen atoms in total. The summed E-state index contributed by atoms with van der Waals surface area (Å²) in [6, 6.07) is 0. The number of aromatic hydroxyl groups is 1. The van der Waals surface area contributed by atoms with Crippen molar-refractivity contribution in [2.24, 2.45) is 0 Å². The first-order valence-corrected chi connectivity index (χ1v) is 10.8. The van der Waals surface area contributed by atoms with Crippen LogP contribution in [0, 0.1) is 5.82 Å². The van der Waals surface area contributed by atoms with Crippen LogP contribution in [0.2, 0.25) is 0 Å². The Bertz CT molecular complexity index is 848. The van der Waals surface area contributed by atoms with Crippen molar-refractivity contribution in [3.05, 3.63) is 40.2 Å². The smallest absolute Gasteiger partial charge is 0.308 e. The van der Waals surface area contributed by atoms with E-state index in [1.807, 2.05) is 33.8 Å². The molecule has 0 aliphatic heterocycles. The molecular weight excluding hydrogens is 399 g/mol. The maximum absolute atomic E-state index is 15.4. The van der Waals surface area contributed by atoms with E-state index in [9.17, 15) is 14.7 Å². The first-order valence-electron chi connectivity index (χ1n) is 10.8. The molecule has 0 fully saturated rings. The van der Waals surface area contributed by atoms with Gasteiger partial charge in [0.25, 0.3) is 0 Å². The highest BCUT2D eigenvalue weighted by atomic mass is 19.1. The second-order valence-corrected chi connectivity index (χ2v) is 8.00. The lowest BCUT2D eigenvalue weighted by atomic mass is 9.98. The van der Waals surface area contributed by atoms with Gasteiger partial charge in [0, 0.05) is 25.0 Å². The van der Waals surface area contributed by atoms with Gasteiger partial charge in [-0.3, -0.25) is 9.59 Å². The fourth-order valence-corrected chi connectivity index (χ4v) is 3.19. The number of hydrogen-bond donors (Lipinski definition) is 1. The van der Waals surface area contributed by atoms with E-state index in [1.165, 1.54) is 19.4 Å². The molecule has 0 amide bonds. The Kier molecular flexibility index (Phi) is 11.0. The lowest BCUT2D eigenvalue weighted by molar-refractivity contribution is -0.133. The van der Waals surface area contributed by atoms with Crippen LogP contribution in [0.3, 0.4) is 0 Å². The number of esters is 2. The average molecular weight is 435 g/mol. The van der Waals surface area contributed by atoms with E-state index >= 15 is 4.39 Å². The van der Waals surface area contributed by atoms with Gasteiger partial charge in [0.05, 0.1) is 0 Å². The van der Waals surface area contributed by atoms with Crippen LogP contribution >= 0.6 is 0 Å². The maximum atomic E-state index is 15.4. The summed E-state index contributed by atoms with van der Waals surface area (Å²) in [5, 5.41) is 10.9. The van der Waals surface area contributed by atoms with Gasteiger partial charge in [0.1, 0.15) is 0 Å². The first kappa shape index (κ1) is 26.4. The monoisotopic (exact) mass is 434 g/mol. The molecule has 0 aromatic heterocycles. The number of rotatable bonds is 11. The number of carbonyl (C=O) groups is 2. The minimum absolute atomic E-state index is 0.0467. The predicted octanol–water partition coefficient (Wildman–Crippen LogP) is 6.35. The van der Waals surface area contributed by atoms with Crippen LogP contribution < -0.4 is 9.47 Å². The molecule has 0 heterocycles. The number of ether oxygens (including phenoxy) is 2. The first-order chi connectivity index (χ1) is 14.6. The Labute approximate surface area is 184 Å². The summed E-state index contributed by atoms with van der Waals surface area (Å²) in [5.41, 5.74) is 2.41. The molecule has 0 aliphatic carbocycles. The molecule has 0 saturated heterocycles. The maximum Gasteiger partial charge on any atom is 0.308 e. The highest BCUT2D eigenvalue weighted by Gasteiger charge is 2.27. The van der Waals surface area contributed by atoms with E-state index in [1.54, 1.807) is 0 Å². The Balaban J connectivity index is 3.45. The molecule has 0 aliphatic rings. The highest BCUT2D eigenvalue weighted by molar-refractivity contribution is 5.75. The summed E-state index contributed by atoms with van der Waals surface area (Å²) < 4.78 is 25.8. The number of allylic oxidation sites excluding steroid dienone is 4. The van der Waals surface area contributed by atoms with Crippen LogP contribution in [0.15, 0.2) is 23.3 Å². The molecule has 6 heteroatoms. The van der Waals surface area contributed by atoms with Gasteiger partial charge in [-0.05, 0) is 52.9 Å². The topological polar surface area (TPSA) is 72.8 Å². The van der Waals surface area contributed by atoms with E-state index in [-0.39, 0.29) is 41.2 Å². The normalized spacial score (nSPS) is 11.3. The van der Waals surface area contributed by atoms with E-state index in [4.69, 9.17) is 9.47 Å². The van der Waals surface area contributed by atoms with Crippen molar-refractivity contribution in [2.45, 2.75) is 86.5 Å². The third kappa shape index (κ3) is 8.56. The lowest BCUT2D eigenvalue weighted by Gasteiger charge is -2.19. The molecule has 172 valence electrons. The quantitative estimate of drug-likeness (QED) is 0.190. The van der Waals surface area contributed by atoms with Crippen molar-refractivity contribution in [1.29, 1.82) is 0 Å². The van der Waals surface area contributed by atoms with E-state index in [0.29, 0.717) is 6.42 Å². The fraction of sp³-hybridized carbons (Fsp3) is 0.520. The van der Waals surface area contributed by atoms with Gasteiger partial charge in [-0.15, -0.1) is 0 Å². The standard InChI is InChI=1S/C25H35FO5/c1-7-8-9-13-20-22(26)24(30-18(5)27)21(23(29)25(20)31-19(6)28)15-14-17(4)12-10-11-16(2)3/h11,14,29H,7-10,12-13,15H2,1-6H3/b17-14+. The van der Waals surface area contributed by atoms with Crippen molar-refractivity contribution in [1.82, 2.24) is 0 Å². The van der Waals surface area contributed by atoms with Gasteiger partial charge < -0.3 is 14.6 Å². The van der Waals surface area contributed by atoms with Crippen LogP contribution in [-0.2, 0) is 22.4 Å². The summed E-state index contributed by atoms with van der Waals surface area (Å²) in [6.45, 7) is 10.4. The van der Waals surface area contributed by atoms with Crippen LogP contribution in [0.5, 0.6) is 17.2 Å². The molecular formula is C25H35FO5. The van der Waals surface area contributed by atoms with Gasteiger partial charge in [-0.25, -0.2) is 4.39 Å². The van der Waals surface area contributed by atoms with Crippen molar-refractivity contribution in [3.8, 4) is 17.2 Å². The average Bonchev–Trinajstić information content (AvgIpc) is 2.66. The zero-order valence-corrected chi connectivity index (χ0v) is 19.6. The Morgan fingerprint density at radius 3 is 2.10 bits per heavy atom. The number of phenolic OH excluding ortho intramolecular Hbond substituents is 1. The second kappa shape index (κ2) is 12.9. The lowest BCUT2D eigenvalue weighted by Crippen LogP contribution is -2.12. The second-order valence-electron chi connectivity index (χ2n) is 8.00. The number of phenols is 1. The van der Waals surface area contributed by atoms with Crippen molar-refractivity contribution in [2.75, 3.05) is 0 Å². The number of carbonyl (C=O) groups excluding carboxylic acids is 2. The van der Waals surface area contributed by atoms with Gasteiger partial charge in [-0.2, -0.15) is 0 Å². The molecule has 0 spiro atoms. The summed E-state index contributed by atoms with van der Waals surface area (Å²) in [7, 11) is 0. The molecule has 1 N–H and O–H groups in total. The van der Waals surface area contributed by atoms with Crippen LogP contribution in [0.1, 0.15) is 84.8 Å². The molecule has 0 unspecified atom stereocenters. The van der Waals surface area contributed by atoms with Gasteiger partial charge in [0.15, 0.2) is 23.1 Å². The summed E-state index contributed by atoms with van der Waals surface area (Å²) in [6.07, 6.45) is 8.46. The number of benzene rings is 1. The number of halogens is 1.